The smallest absolute Gasteiger partial charge is 0.257 e. The maximum absolute atomic E-state index is 12.4. The lowest BCUT2D eigenvalue weighted by atomic mass is 10.1. The number of carbonyl (C=O) groups is 1. The van der Waals surface area contributed by atoms with E-state index in [4.69, 9.17) is 11.6 Å². The Kier molecular flexibility index (Phi) is 4.36. The molecule has 0 aliphatic rings. The first kappa shape index (κ1) is 16.2. The molecule has 3 aromatic rings. The first-order valence-electron chi connectivity index (χ1n) is 7.48. The number of nitrogens with one attached hydrogen (secondary N) is 1. The molecule has 5 nitrogen and oxygen atoms in total. The van der Waals surface area contributed by atoms with Crippen molar-refractivity contribution in [2.75, 3.05) is 5.32 Å². The van der Waals surface area contributed by atoms with E-state index in [9.17, 15) is 4.79 Å². The highest BCUT2D eigenvalue weighted by Crippen LogP contribution is 2.30. The summed E-state index contributed by atoms with van der Waals surface area (Å²) in [6.45, 7) is 3.78. The largest absolute Gasteiger partial charge is 0.331 e. The highest BCUT2D eigenvalue weighted by Gasteiger charge is 2.14. The summed E-state index contributed by atoms with van der Waals surface area (Å²) in [7, 11) is 1.93. The minimum Gasteiger partial charge on any atom is -0.331 e. The Labute approximate surface area is 145 Å². The molecule has 0 unspecified atom stereocenters. The molecule has 0 radical (unpaired) electrons. The number of hydrogen-bond donors (Lipinski definition) is 1. The minimum atomic E-state index is -0.204. The fraction of sp³-hybridized carbons (Fsp3) is 0.167. The van der Waals surface area contributed by atoms with Gasteiger partial charge in [0.05, 0.1) is 10.6 Å². The Balaban J connectivity index is 1.93. The van der Waals surface area contributed by atoms with Gasteiger partial charge in [0, 0.05) is 42.1 Å². The van der Waals surface area contributed by atoms with E-state index in [-0.39, 0.29) is 5.91 Å². The van der Waals surface area contributed by atoms with E-state index in [0.29, 0.717) is 22.0 Å². The van der Waals surface area contributed by atoms with Crippen molar-refractivity contribution in [3.8, 4) is 11.4 Å². The van der Waals surface area contributed by atoms with Crippen LogP contribution in [0.5, 0.6) is 0 Å². The molecular formula is C18H17ClN4O. The lowest BCUT2D eigenvalue weighted by Gasteiger charge is -2.10. The second-order valence-electron chi connectivity index (χ2n) is 5.57. The number of benzene rings is 1. The van der Waals surface area contributed by atoms with E-state index in [0.717, 1.165) is 17.1 Å². The third-order valence-corrected chi connectivity index (χ3v) is 4.27. The standard InChI is InChI=1S/C18H17ClN4O/c1-11-10-21-17(23(11)3)15-9-13(6-7-16(15)19)22-18(24)14-5-4-8-20-12(14)2/h4-10H,1-3H3,(H,22,24). The molecule has 0 saturated heterocycles. The maximum Gasteiger partial charge on any atom is 0.257 e. The van der Waals surface area contributed by atoms with Gasteiger partial charge >= 0.3 is 0 Å². The molecule has 0 fully saturated rings. The number of nitrogens with zero attached hydrogens (tertiary/aromatic N) is 3. The quantitative estimate of drug-likeness (QED) is 0.783. The van der Waals surface area contributed by atoms with Gasteiger partial charge in [-0.25, -0.2) is 4.98 Å². The summed E-state index contributed by atoms with van der Waals surface area (Å²) in [5, 5.41) is 3.47. The van der Waals surface area contributed by atoms with Crippen LogP contribution in [0.25, 0.3) is 11.4 Å². The third-order valence-electron chi connectivity index (χ3n) is 3.94. The van der Waals surface area contributed by atoms with Gasteiger partial charge in [-0.05, 0) is 44.2 Å². The molecule has 3 rings (SSSR count). The summed E-state index contributed by atoms with van der Waals surface area (Å²) in [6, 6.07) is 8.84. The van der Waals surface area contributed by atoms with Crippen LogP contribution >= 0.6 is 11.6 Å². The van der Waals surface area contributed by atoms with Crippen LogP contribution in [-0.2, 0) is 7.05 Å². The Morgan fingerprint density at radius 3 is 2.67 bits per heavy atom. The fourth-order valence-corrected chi connectivity index (χ4v) is 2.64. The average molecular weight is 341 g/mol. The van der Waals surface area contributed by atoms with Gasteiger partial charge in [0.2, 0.25) is 0 Å². The van der Waals surface area contributed by atoms with Gasteiger partial charge in [0.25, 0.3) is 5.91 Å². The molecular weight excluding hydrogens is 324 g/mol. The van der Waals surface area contributed by atoms with E-state index in [1.807, 2.05) is 24.6 Å². The first-order chi connectivity index (χ1) is 11.5. The van der Waals surface area contributed by atoms with Gasteiger partial charge in [0.1, 0.15) is 5.82 Å². The van der Waals surface area contributed by atoms with Crippen molar-refractivity contribution in [2.45, 2.75) is 13.8 Å². The Bertz CT molecular complexity index is 917. The van der Waals surface area contributed by atoms with Gasteiger partial charge in [-0.1, -0.05) is 11.6 Å². The van der Waals surface area contributed by atoms with Crippen molar-refractivity contribution in [1.82, 2.24) is 14.5 Å². The highest BCUT2D eigenvalue weighted by molar-refractivity contribution is 6.33. The number of rotatable bonds is 3. The van der Waals surface area contributed by atoms with Crippen molar-refractivity contribution < 1.29 is 4.79 Å². The van der Waals surface area contributed by atoms with Crippen LogP contribution in [0.15, 0.2) is 42.7 Å². The van der Waals surface area contributed by atoms with E-state index >= 15 is 0 Å². The topological polar surface area (TPSA) is 59.8 Å². The zero-order valence-corrected chi connectivity index (χ0v) is 14.4. The SMILES string of the molecule is Cc1ncccc1C(=O)Nc1ccc(Cl)c(-c2ncc(C)n2C)c1. The molecule has 1 N–H and O–H groups in total. The second-order valence-corrected chi connectivity index (χ2v) is 5.97. The van der Waals surface area contributed by atoms with Crippen molar-refractivity contribution in [1.29, 1.82) is 0 Å². The summed E-state index contributed by atoms with van der Waals surface area (Å²) in [5.41, 5.74) is 3.68. The predicted molar refractivity (Wildman–Crippen MR) is 95.3 cm³/mol. The fourth-order valence-electron chi connectivity index (χ4n) is 2.44. The Morgan fingerprint density at radius 2 is 2.00 bits per heavy atom. The number of halogens is 1. The van der Waals surface area contributed by atoms with Crippen molar-refractivity contribution >= 4 is 23.2 Å². The molecule has 1 amide bonds. The summed E-state index contributed by atoms with van der Waals surface area (Å²) in [5.74, 6) is 0.552. The normalized spacial score (nSPS) is 10.7. The summed E-state index contributed by atoms with van der Waals surface area (Å²) < 4.78 is 1.96. The van der Waals surface area contributed by atoms with E-state index < -0.39 is 0 Å². The van der Waals surface area contributed by atoms with Crippen LogP contribution in [0.1, 0.15) is 21.7 Å². The summed E-state index contributed by atoms with van der Waals surface area (Å²) >= 11 is 6.31. The molecule has 0 atom stereocenters. The molecule has 0 spiro atoms. The highest BCUT2D eigenvalue weighted by atomic mass is 35.5. The van der Waals surface area contributed by atoms with Crippen molar-refractivity contribution in [3.63, 3.8) is 0 Å². The molecule has 6 heteroatoms. The number of hydrogen-bond acceptors (Lipinski definition) is 3. The summed E-state index contributed by atoms with van der Waals surface area (Å²) in [4.78, 5) is 21.0. The number of carbonyl (C=O) groups excluding carboxylic acids is 1. The number of pyridine rings is 1. The van der Waals surface area contributed by atoms with Crippen LogP contribution in [0, 0.1) is 13.8 Å². The summed E-state index contributed by atoms with van der Waals surface area (Å²) in [6.07, 6.45) is 3.45. The number of imidazole rings is 1. The Morgan fingerprint density at radius 1 is 1.21 bits per heavy atom. The lowest BCUT2D eigenvalue weighted by molar-refractivity contribution is 0.102. The molecule has 0 saturated carbocycles. The number of anilines is 1. The van der Waals surface area contributed by atoms with Crippen LogP contribution in [0.2, 0.25) is 5.02 Å². The average Bonchev–Trinajstić information content (AvgIpc) is 2.89. The zero-order chi connectivity index (χ0) is 17.3. The molecule has 24 heavy (non-hydrogen) atoms. The van der Waals surface area contributed by atoms with Crippen molar-refractivity contribution in [2.24, 2.45) is 7.05 Å². The lowest BCUT2D eigenvalue weighted by Crippen LogP contribution is -2.14. The van der Waals surface area contributed by atoms with Crippen LogP contribution in [0.3, 0.4) is 0 Å². The zero-order valence-electron chi connectivity index (χ0n) is 13.7. The van der Waals surface area contributed by atoms with E-state index in [1.54, 1.807) is 43.6 Å². The van der Waals surface area contributed by atoms with Gasteiger partial charge in [-0.2, -0.15) is 0 Å². The molecule has 122 valence electrons. The van der Waals surface area contributed by atoms with E-state index in [1.165, 1.54) is 0 Å². The van der Waals surface area contributed by atoms with Crippen LogP contribution < -0.4 is 5.32 Å². The molecule has 2 heterocycles. The minimum absolute atomic E-state index is 0.204. The molecule has 0 aliphatic carbocycles. The van der Waals surface area contributed by atoms with Crippen LogP contribution in [0.4, 0.5) is 5.69 Å². The van der Waals surface area contributed by atoms with Gasteiger partial charge in [0.15, 0.2) is 0 Å². The van der Waals surface area contributed by atoms with Crippen LogP contribution in [-0.4, -0.2) is 20.4 Å². The maximum atomic E-state index is 12.4. The monoisotopic (exact) mass is 340 g/mol. The van der Waals surface area contributed by atoms with Gasteiger partial charge < -0.3 is 9.88 Å². The molecule has 1 aromatic carbocycles. The van der Waals surface area contributed by atoms with Gasteiger partial charge in [-0.15, -0.1) is 0 Å². The van der Waals surface area contributed by atoms with Gasteiger partial charge in [-0.3, -0.25) is 9.78 Å². The first-order valence-corrected chi connectivity index (χ1v) is 7.86. The molecule has 0 aliphatic heterocycles. The number of amides is 1. The number of aromatic nitrogens is 3. The second kappa shape index (κ2) is 6.45. The van der Waals surface area contributed by atoms with Crippen molar-refractivity contribution in [3.05, 3.63) is 64.7 Å². The Hall–Kier alpha value is -2.66. The molecule has 2 aromatic heterocycles. The molecule has 0 bridgehead atoms. The van der Waals surface area contributed by atoms with E-state index in [2.05, 4.69) is 15.3 Å². The third kappa shape index (κ3) is 3.03. The number of aryl methyl sites for hydroxylation is 2. The predicted octanol–water partition coefficient (Wildman–Crippen LogP) is 4.00.